The fourth-order valence-corrected chi connectivity index (χ4v) is 2.83. The topological polar surface area (TPSA) is 94.8 Å². The van der Waals surface area contributed by atoms with Crippen LogP contribution in [0.3, 0.4) is 0 Å². The Morgan fingerprint density at radius 3 is 1.88 bits per heavy atom. The Bertz CT molecular complexity index is 414. The predicted octanol–water partition coefficient (Wildman–Crippen LogP) is 4.92. The number of aliphatic hydroxyl groups excluding tert-OH is 2. The average molecular weight is 357 g/mol. The molecule has 0 saturated carbocycles. The van der Waals surface area contributed by atoms with E-state index < -0.39 is 23.4 Å². The molecule has 5 nitrogen and oxygen atoms in total. The van der Waals surface area contributed by atoms with Gasteiger partial charge < -0.3 is 15.3 Å². The highest BCUT2D eigenvalue weighted by atomic mass is 16.4. The minimum absolute atomic E-state index is 0.201. The Hall–Kier alpha value is -1.36. The number of aliphatic carboxylic acids is 1. The molecule has 0 saturated heterocycles. The summed E-state index contributed by atoms with van der Waals surface area (Å²) in [7, 11) is 0. The third kappa shape index (κ3) is 11.8. The number of carboxylic acid groups (broad SMARTS) is 1. The Kier molecular flexibility index (Phi) is 14.1. The van der Waals surface area contributed by atoms with E-state index in [-0.39, 0.29) is 18.6 Å². The second-order valence-electron chi connectivity index (χ2n) is 6.78. The number of rotatable bonds is 16. The van der Waals surface area contributed by atoms with Crippen molar-refractivity contribution in [2.24, 2.45) is 0 Å². The number of aliphatic hydroxyl groups is 2. The van der Waals surface area contributed by atoms with E-state index in [1.54, 1.807) is 0 Å². The van der Waals surface area contributed by atoms with Crippen molar-refractivity contribution in [1.82, 2.24) is 0 Å². The summed E-state index contributed by atoms with van der Waals surface area (Å²) in [5.41, 5.74) is -0.555. The molecular weight excluding hydrogens is 320 g/mol. The zero-order chi connectivity index (χ0) is 19.1. The molecule has 0 amide bonds. The number of hydrogen-bond donors (Lipinski definition) is 3. The minimum atomic E-state index is -1.41. The Morgan fingerprint density at radius 1 is 0.800 bits per heavy atom. The van der Waals surface area contributed by atoms with Crippen molar-refractivity contribution in [3.8, 4) is 0 Å². The summed E-state index contributed by atoms with van der Waals surface area (Å²) in [5.74, 6) is -2.45. The van der Waals surface area contributed by atoms with Gasteiger partial charge >= 0.3 is 5.97 Å². The SMILES string of the molecule is CCCCCCCCCC(O)=C(C(=O)O)C(=O)CC(O)CCCCC. The maximum Gasteiger partial charge on any atom is 0.342 e. The summed E-state index contributed by atoms with van der Waals surface area (Å²) in [6, 6.07) is 0. The van der Waals surface area contributed by atoms with Crippen molar-refractivity contribution in [3.63, 3.8) is 0 Å². The second kappa shape index (κ2) is 14.9. The number of Topliss-reactive ketones (excluding diaryl/α,β-unsaturated/α-hetero) is 1. The zero-order valence-corrected chi connectivity index (χ0v) is 15.9. The van der Waals surface area contributed by atoms with E-state index in [1.165, 1.54) is 19.3 Å². The lowest BCUT2D eigenvalue weighted by atomic mass is 9.99. The molecule has 0 aliphatic rings. The molecule has 0 heterocycles. The Labute approximate surface area is 152 Å². The van der Waals surface area contributed by atoms with Gasteiger partial charge in [0.1, 0.15) is 11.3 Å². The number of hydrogen-bond acceptors (Lipinski definition) is 4. The summed E-state index contributed by atoms with van der Waals surface area (Å²) in [4.78, 5) is 23.4. The van der Waals surface area contributed by atoms with E-state index in [0.717, 1.165) is 38.5 Å². The van der Waals surface area contributed by atoms with Crippen LogP contribution in [0.5, 0.6) is 0 Å². The first kappa shape index (κ1) is 23.6. The first-order valence-corrected chi connectivity index (χ1v) is 9.80. The molecule has 0 aliphatic carbocycles. The van der Waals surface area contributed by atoms with Crippen molar-refractivity contribution in [2.75, 3.05) is 0 Å². The number of ketones is 1. The van der Waals surface area contributed by atoms with Gasteiger partial charge in [-0.1, -0.05) is 71.6 Å². The highest BCUT2D eigenvalue weighted by Gasteiger charge is 2.24. The van der Waals surface area contributed by atoms with Crippen LogP contribution in [-0.2, 0) is 9.59 Å². The molecule has 1 atom stereocenters. The van der Waals surface area contributed by atoms with Crippen LogP contribution in [0.4, 0.5) is 0 Å². The number of carbonyl (C=O) groups excluding carboxylic acids is 1. The van der Waals surface area contributed by atoms with Gasteiger partial charge in [0, 0.05) is 12.8 Å². The number of allylic oxidation sites excluding steroid dienone is 1. The smallest absolute Gasteiger partial charge is 0.342 e. The Morgan fingerprint density at radius 2 is 1.32 bits per heavy atom. The van der Waals surface area contributed by atoms with Gasteiger partial charge in [-0.25, -0.2) is 4.79 Å². The lowest BCUT2D eigenvalue weighted by Crippen LogP contribution is -2.21. The third-order valence-corrected chi connectivity index (χ3v) is 4.36. The molecule has 0 aromatic carbocycles. The molecule has 5 heteroatoms. The fourth-order valence-electron chi connectivity index (χ4n) is 2.83. The maximum absolute atomic E-state index is 12.1. The lowest BCUT2D eigenvalue weighted by molar-refractivity contribution is -0.135. The zero-order valence-electron chi connectivity index (χ0n) is 15.9. The number of unbranched alkanes of at least 4 members (excludes halogenated alkanes) is 8. The van der Waals surface area contributed by atoms with Crippen LogP contribution in [0.1, 0.15) is 97.3 Å². The number of carboxylic acids is 1. The molecule has 0 rings (SSSR count). The van der Waals surface area contributed by atoms with Crippen molar-refractivity contribution in [1.29, 1.82) is 0 Å². The van der Waals surface area contributed by atoms with Crippen molar-refractivity contribution in [2.45, 2.75) is 103 Å². The molecule has 1 unspecified atom stereocenters. The van der Waals surface area contributed by atoms with Crippen LogP contribution in [0.25, 0.3) is 0 Å². The van der Waals surface area contributed by atoms with Gasteiger partial charge in [-0.3, -0.25) is 4.79 Å². The van der Waals surface area contributed by atoms with Gasteiger partial charge in [-0.2, -0.15) is 0 Å². The van der Waals surface area contributed by atoms with Crippen molar-refractivity contribution < 1.29 is 24.9 Å². The van der Waals surface area contributed by atoms with E-state index in [0.29, 0.717) is 12.8 Å². The molecule has 0 aliphatic heterocycles. The molecule has 25 heavy (non-hydrogen) atoms. The van der Waals surface area contributed by atoms with E-state index in [1.807, 2.05) is 6.92 Å². The average Bonchev–Trinajstić information content (AvgIpc) is 2.54. The summed E-state index contributed by atoms with van der Waals surface area (Å²) < 4.78 is 0. The van der Waals surface area contributed by atoms with Crippen LogP contribution in [0, 0.1) is 0 Å². The normalized spacial score (nSPS) is 13.4. The summed E-state index contributed by atoms with van der Waals surface area (Å²) in [5, 5.41) is 29.1. The lowest BCUT2D eigenvalue weighted by Gasteiger charge is -2.11. The van der Waals surface area contributed by atoms with E-state index in [2.05, 4.69) is 6.92 Å². The van der Waals surface area contributed by atoms with Gasteiger partial charge in [0.05, 0.1) is 6.10 Å². The molecule has 3 N–H and O–H groups in total. The molecule has 0 radical (unpaired) electrons. The van der Waals surface area contributed by atoms with E-state index in [4.69, 9.17) is 0 Å². The molecule has 0 bridgehead atoms. The molecule has 146 valence electrons. The molecule has 0 aromatic heterocycles. The van der Waals surface area contributed by atoms with Crippen LogP contribution in [0.15, 0.2) is 11.3 Å². The predicted molar refractivity (Wildman–Crippen MR) is 99.7 cm³/mol. The van der Waals surface area contributed by atoms with E-state index >= 15 is 0 Å². The summed E-state index contributed by atoms with van der Waals surface area (Å²) in [6.07, 6.45) is 9.78. The molecule has 0 spiro atoms. The Balaban J connectivity index is 4.39. The van der Waals surface area contributed by atoms with Crippen molar-refractivity contribution in [3.05, 3.63) is 11.3 Å². The van der Waals surface area contributed by atoms with Gasteiger partial charge in [0.2, 0.25) is 0 Å². The van der Waals surface area contributed by atoms with Gasteiger partial charge in [0.15, 0.2) is 5.78 Å². The van der Waals surface area contributed by atoms with Crippen molar-refractivity contribution >= 4 is 11.8 Å². The third-order valence-electron chi connectivity index (χ3n) is 4.36. The maximum atomic E-state index is 12.1. The molecule has 0 aromatic rings. The first-order valence-electron chi connectivity index (χ1n) is 9.80. The van der Waals surface area contributed by atoms with Crippen LogP contribution in [-0.4, -0.2) is 33.2 Å². The largest absolute Gasteiger partial charge is 0.511 e. The number of carbonyl (C=O) groups is 2. The second-order valence-corrected chi connectivity index (χ2v) is 6.78. The fraction of sp³-hybridized carbons (Fsp3) is 0.800. The monoisotopic (exact) mass is 356 g/mol. The van der Waals surface area contributed by atoms with Crippen LogP contribution >= 0.6 is 0 Å². The molecule has 0 fully saturated rings. The highest BCUT2D eigenvalue weighted by Crippen LogP contribution is 2.17. The molecular formula is C20H36O5. The van der Waals surface area contributed by atoms with Gasteiger partial charge in [0.25, 0.3) is 0 Å². The van der Waals surface area contributed by atoms with Crippen LogP contribution in [0.2, 0.25) is 0 Å². The summed E-state index contributed by atoms with van der Waals surface area (Å²) in [6.45, 7) is 4.21. The highest BCUT2D eigenvalue weighted by molar-refractivity contribution is 6.17. The first-order chi connectivity index (χ1) is 11.9. The quantitative estimate of drug-likeness (QED) is 0.120. The van der Waals surface area contributed by atoms with E-state index in [9.17, 15) is 24.9 Å². The summed E-state index contributed by atoms with van der Waals surface area (Å²) >= 11 is 0. The standard InChI is InChI=1S/C20H36O5/c1-3-5-7-8-9-10-12-14-17(22)19(20(24)25)18(23)15-16(21)13-11-6-4-2/h16,21-22H,3-15H2,1-2H3,(H,24,25). The van der Waals surface area contributed by atoms with Crippen LogP contribution < -0.4 is 0 Å². The minimum Gasteiger partial charge on any atom is -0.511 e. The van der Waals surface area contributed by atoms with Gasteiger partial charge in [-0.05, 0) is 12.8 Å². The van der Waals surface area contributed by atoms with Gasteiger partial charge in [-0.15, -0.1) is 0 Å².